The summed E-state index contributed by atoms with van der Waals surface area (Å²) in [6.07, 6.45) is 0. The molecule has 0 saturated heterocycles. The van der Waals surface area contributed by atoms with Crippen molar-refractivity contribution in [3.8, 4) is 5.69 Å². The van der Waals surface area contributed by atoms with Crippen molar-refractivity contribution in [1.29, 1.82) is 0 Å². The topological polar surface area (TPSA) is 79.8 Å². The van der Waals surface area contributed by atoms with Gasteiger partial charge in [-0.2, -0.15) is 0 Å². The van der Waals surface area contributed by atoms with E-state index >= 15 is 0 Å². The lowest BCUT2D eigenvalue weighted by Gasteiger charge is -2.15. The molecule has 2 aromatic carbocycles. The van der Waals surface area contributed by atoms with Crippen molar-refractivity contribution < 1.29 is 9.18 Å². The van der Waals surface area contributed by atoms with Crippen LogP contribution in [0.5, 0.6) is 0 Å². The third-order valence-corrected chi connectivity index (χ3v) is 6.07. The van der Waals surface area contributed by atoms with Crippen LogP contribution in [0.25, 0.3) is 16.7 Å². The average Bonchev–Trinajstić information content (AvgIpc) is 3.14. The number of hydrogen-bond acceptors (Lipinski definition) is 4. The maximum atomic E-state index is 13.4. The number of amides is 1. The maximum Gasteiger partial charge on any atom is 0.283 e. The van der Waals surface area contributed by atoms with Gasteiger partial charge in [-0.25, -0.2) is 9.37 Å². The summed E-state index contributed by atoms with van der Waals surface area (Å²) in [5.74, 6) is -0.489. The number of thioether (sulfide) groups is 1. The normalized spacial score (nSPS) is 12.1. The Bertz CT molecular complexity index is 1330. The van der Waals surface area contributed by atoms with Crippen molar-refractivity contribution in [2.24, 2.45) is 0 Å². The molecule has 8 heteroatoms. The van der Waals surface area contributed by atoms with Gasteiger partial charge in [0.1, 0.15) is 11.3 Å². The number of aromatic amines is 1. The number of benzene rings is 2. The Morgan fingerprint density at radius 1 is 1.16 bits per heavy atom. The van der Waals surface area contributed by atoms with Gasteiger partial charge in [-0.05, 0) is 56.7 Å². The number of carbonyl (C=O) groups is 1. The van der Waals surface area contributed by atoms with Crippen LogP contribution in [0.15, 0.2) is 64.5 Å². The van der Waals surface area contributed by atoms with E-state index < -0.39 is 5.82 Å². The number of nitrogens with zero attached hydrogens (tertiary/aromatic N) is 2. The SMILES string of the molecule is Cc1ccc([C@@H](C)NC(=O)CSc2nc3cc(C)[nH]c3c(=O)n2-c2ccc(F)cc2)cc1. The number of nitrogens with one attached hydrogen (secondary N) is 2. The van der Waals surface area contributed by atoms with Crippen molar-refractivity contribution in [2.75, 3.05) is 5.75 Å². The van der Waals surface area contributed by atoms with Crippen LogP contribution in [0.3, 0.4) is 0 Å². The van der Waals surface area contributed by atoms with Crippen LogP contribution >= 0.6 is 11.8 Å². The molecule has 164 valence electrons. The highest BCUT2D eigenvalue weighted by Gasteiger charge is 2.17. The lowest BCUT2D eigenvalue weighted by Crippen LogP contribution is -2.29. The fraction of sp³-hybridized carbons (Fsp3) is 0.208. The Morgan fingerprint density at radius 2 is 1.84 bits per heavy atom. The zero-order valence-electron chi connectivity index (χ0n) is 18.0. The number of rotatable bonds is 6. The van der Waals surface area contributed by atoms with Crippen LogP contribution in [0.1, 0.15) is 29.8 Å². The van der Waals surface area contributed by atoms with Crippen LogP contribution in [-0.4, -0.2) is 26.2 Å². The van der Waals surface area contributed by atoms with Gasteiger partial charge in [0.05, 0.1) is 23.0 Å². The molecule has 0 unspecified atom stereocenters. The van der Waals surface area contributed by atoms with Gasteiger partial charge in [0.15, 0.2) is 5.16 Å². The van der Waals surface area contributed by atoms with E-state index in [0.717, 1.165) is 28.6 Å². The van der Waals surface area contributed by atoms with E-state index in [2.05, 4.69) is 15.3 Å². The minimum Gasteiger partial charge on any atom is -0.353 e. The van der Waals surface area contributed by atoms with Crippen molar-refractivity contribution >= 4 is 28.7 Å². The predicted molar refractivity (Wildman–Crippen MR) is 125 cm³/mol. The summed E-state index contributed by atoms with van der Waals surface area (Å²) >= 11 is 1.16. The number of H-pyrrole nitrogens is 1. The molecule has 32 heavy (non-hydrogen) atoms. The number of fused-ring (bicyclic) bond motifs is 1. The number of carbonyl (C=O) groups excluding carboxylic acids is 1. The highest BCUT2D eigenvalue weighted by atomic mass is 32.2. The molecule has 2 aromatic heterocycles. The highest BCUT2D eigenvalue weighted by molar-refractivity contribution is 7.99. The first-order valence-corrected chi connectivity index (χ1v) is 11.2. The van der Waals surface area contributed by atoms with Crippen LogP contribution < -0.4 is 10.9 Å². The molecule has 1 atom stereocenters. The number of halogens is 1. The van der Waals surface area contributed by atoms with Crippen molar-refractivity contribution in [3.63, 3.8) is 0 Å². The van der Waals surface area contributed by atoms with Crippen LogP contribution in [0.4, 0.5) is 4.39 Å². The maximum absolute atomic E-state index is 13.4. The summed E-state index contributed by atoms with van der Waals surface area (Å²) in [6, 6.07) is 15.2. The van der Waals surface area contributed by atoms with E-state index in [0.29, 0.717) is 21.9 Å². The van der Waals surface area contributed by atoms with E-state index in [1.165, 1.54) is 28.8 Å². The zero-order chi connectivity index (χ0) is 22.8. The molecule has 2 heterocycles. The highest BCUT2D eigenvalue weighted by Crippen LogP contribution is 2.22. The van der Waals surface area contributed by atoms with Gasteiger partial charge in [-0.3, -0.25) is 14.2 Å². The summed E-state index contributed by atoms with van der Waals surface area (Å²) in [5, 5.41) is 3.34. The van der Waals surface area contributed by atoms with Crippen molar-refractivity contribution in [3.05, 3.63) is 87.6 Å². The molecular formula is C24H23FN4O2S. The third-order valence-electron chi connectivity index (χ3n) is 5.13. The largest absolute Gasteiger partial charge is 0.353 e. The number of aromatic nitrogens is 3. The monoisotopic (exact) mass is 450 g/mol. The molecule has 6 nitrogen and oxygen atoms in total. The lowest BCUT2D eigenvalue weighted by molar-refractivity contribution is -0.119. The van der Waals surface area contributed by atoms with Gasteiger partial charge in [0.2, 0.25) is 5.91 Å². The molecule has 0 bridgehead atoms. The van der Waals surface area contributed by atoms with E-state index in [-0.39, 0.29) is 23.3 Å². The standard InChI is InChI=1S/C24H23FN4O2S/c1-14-4-6-17(7-5-14)16(3)27-21(30)13-32-24-28-20-12-15(2)26-22(20)23(31)29(24)19-10-8-18(25)9-11-19/h4-12,16,26H,13H2,1-3H3,(H,27,30)/t16-/m1/s1. The lowest BCUT2D eigenvalue weighted by atomic mass is 10.1. The van der Waals surface area contributed by atoms with Gasteiger partial charge in [-0.15, -0.1) is 0 Å². The first-order chi connectivity index (χ1) is 15.3. The van der Waals surface area contributed by atoms with Gasteiger partial charge >= 0.3 is 0 Å². The van der Waals surface area contributed by atoms with Gasteiger partial charge in [0.25, 0.3) is 5.56 Å². The Hall–Kier alpha value is -3.39. The predicted octanol–water partition coefficient (Wildman–Crippen LogP) is 4.44. The minimum absolute atomic E-state index is 0.0821. The molecule has 0 fully saturated rings. The Balaban J connectivity index is 1.59. The Labute approximate surface area is 188 Å². The molecule has 4 aromatic rings. The first-order valence-electron chi connectivity index (χ1n) is 10.2. The summed E-state index contributed by atoms with van der Waals surface area (Å²) in [7, 11) is 0. The Morgan fingerprint density at radius 3 is 2.53 bits per heavy atom. The second kappa shape index (κ2) is 9.00. The van der Waals surface area contributed by atoms with Crippen LogP contribution in [0.2, 0.25) is 0 Å². The van der Waals surface area contributed by atoms with E-state index in [4.69, 9.17) is 0 Å². The van der Waals surface area contributed by atoms with Crippen LogP contribution in [0, 0.1) is 19.7 Å². The van der Waals surface area contributed by atoms with E-state index in [1.807, 2.05) is 45.0 Å². The first kappa shape index (κ1) is 21.8. The molecule has 0 radical (unpaired) electrons. The molecule has 0 saturated carbocycles. The molecule has 0 aliphatic heterocycles. The van der Waals surface area contributed by atoms with Gasteiger partial charge in [0, 0.05) is 5.69 Å². The van der Waals surface area contributed by atoms with E-state index in [9.17, 15) is 14.0 Å². The average molecular weight is 451 g/mol. The summed E-state index contributed by atoms with van der Waals surface area (Å²) in [4.78, 5) is 33.4. The smallest absolute Gasteiger partial charge is 0.283 e. The fourth-order valence-electron chi connectivity index (χ4n) is 3.44. The molecule has 1 amide bonds. The molecule has 0 aliphatic rings. The third kappa shape index (κ3) is 4.60. The Kier molecular flexibility index (Phi) is 6.14. The molecular weight excluding hydrogens is 427 g/mol. The second-order valence-corrected chi connectivity index (χ2v) is 8.66. The summed E-state index contributed by atoms with van der Waals surface area (Å²) < 4.78 is 14.8. The molecule has 4 rings (SSSR count). The van der Waals surface area contributed by atoms with Gasteiger partial charge < -0.3 is 10.3 Å². The number of aryl methyl sites for hydroxylation is 2. The minimum atomic E-state index is -0.398. The fourth-order valence-corrected chi connectivity index (χ4v) is 4.27. The van der Waals surface area contributed by atoms with Crippen molar-refractivity contribution in [2.45, 2.75) is 32.0 Å². The quantitative estimate of drug-likeness (QED) is 0.336. The second-order valence-electron chi connectivity index (χ2n) is 7.71. The molecule has 0 aliphatic carbocycles. The zero-order valence-corrected chi connectivity index (χ0v) is 18.8. The van der Waals surface area contributed by atoms with Gasteiger partial charge in [-0.1, -0.05) is 41.6 Å². The molecule has 0 spiro atoms. The van der Waals surface area contributed by atoms with Crippen LogP contribution in [-0.2, 0) is 4.79 Å². The summed E-state index contributed by atoms with van der Waals surface area (Å²) in [6.45, 7) is 5.78. The number of hydrogen-bond donors (Lipinski definition) is 2. The van der Waals surface area contributed by atoms with E-state index in [1.54, 1.807) is 6.07 Å². The molecule has 2 N–H and O–H groups in total. The summed E-state index contributed by atoms with van der Waals surface area (Å²) in [5.41, 5.74) is 4.06. The van der Waals surface area contributed by atoms with Crippen molar-refractivity contribution in [1.82, 2.24) is 19.9 Å².